The number of hydrogen-bond acceptors (Lipinski definition) is 3. The minimum absolute atomic E-state index is 0.476. The summed E-state index contributed by atoms with van der Waals surface area (Å²) in [5.41, 5.74) is 8.17. The lowest BCUT2D eigenvalue weighted by atomic mass is 10.2. The fraction of sp³-hybridized carbons (Fsp3) is 0.385. The molecule has 3 rings (SSSR count). The van der Waals surface area contributed by atoms with Crippen molar-refractivity contribution in [2.45, 2.75) is 32.2 Å². The van der Waals surface area contributed by atoms with E-state index in [1.165, 1.54) is 19.3 Å². The van der Waals surface area contributed by atoms with E-state index >= 15 is 0 Å². The Morgan fingerprint density at radius 1 is 1.61 bits per heavy atom. The molecular weight excluding hydrogens is 228 g/mol. The van der Waals surface area contributed by atoms with Crippen LogP contribution in [0, 0.1) is 6.42 Å². The van der Waals surface area contributed by atoms with Gasteiger partial charge in [0.15, 0.2) is 0 Å². The fourth-order valence-electron chi connectivity index (χ4n) is 2.23. The van der Waals surface area contributed by atoms with Gasteiger partial charge in [-0.15, -0.1) is 0 Å². The Bertz CT molecular complexity index is 613. The first kappa shape index (κ1) is 11.2. The highest BCUT2D eigenvalue weighted by molar-refractivity contribution is 5.87. The molecule has 2 heterocycles. The predicted octanol–water partition coefficient (Wildman–Crippen LogP) is 1.37. The van der Waals surface area contributed by atoms with E-state index in [0.29, 0.717) is 11.7 Å². The van der Waals surface area contributed by atoms with Crippen LogP contribution in [-0.4, -0.2) is 20.4 Å². The maximum absolute atomic E-state index is 11.0. The van der Waals surface area contributed by atoms with Crippen molar-refractivity contribution in [2.75, 3.05) is 0 Å². The number of aryl methyl sites for hydroxylation is 1. The zero-order valence-corrected chi connectivity index (χ0v) is 10.3. The first-order valence-corrected chi connectivity index (χ1v) is 6.19. The topological polar surface area (TPSA) is 73.8 Å². The fourth-order valence-corrected chi connectivity index (χ4v) is 2.23. The molecule has 0 aliphatic heterocycles. The Labute approximate surface area is 105 Å². The molecule has 2 aromatic rings. The monoisotopic (exact) mass is 243 g/mol. The lowest BCUT2D eigenvalue weighted by molar-refractivity contribution is -0.114. The summed E-state index contributed by atoms with van der Waals surface area (Å²) < 4.78 is 1.99. The van der Waals surface area contributed by atoms with Gasteiger partial charge in [-0.25, -0.2) is 4.98 Å². The molecule has 0 atom stereocenters. The van der Waals surface area contributed by atoms with Gasteiger partial charge in [-0.1, -0.05) is 0 Å². The molecule has 18 heavy (non-hydrogen) atoms. The van der Waals surface area contributed by atoms with E-state index in [2.05, 4.69) is 16.0 Å². The number of amides is 1. The van der Waals surface area contributed by atoms with Crippen LogP contribution in [0.5, 0.6) is 0 Å². The molecule has 0 unspecified atom stereocenters. The lowest BCUT2D eigenvalue weighted by Gasteiger charge is -2.04. The molecular formula is C13H15N4O. The van der Waals surface area contributed by atoms with Crippen LogP contribution >= 0.6 is 0 Å². The molecule has 5 heteroatoms. The summed E-state index contributed by atoms with van der Waals surface area (Å²) in [5, 5.41) is 0. The molecule has 1 fully saturated rings. The quantitative estimate of drug-likeness (QED) is 0.881. The smallest absolute Gasteiger partial charge is 0.229 e. The predicted molar refractivity (Wildman–Crippen MR) is 67.8 cm³/mol. The maximum Gasteiger partial charge on any atom is 0.229 e. The Morgan fingerprint density at radius 3 is 3.00 bits per heavy atom. The van der Waals surface area contributed by atoms with Gasteiger partial charge in [0.2, 0.25) is 5.91 Å². The van der Waals surface area contributed by atoms with Crippen molar-refractivity contribution in [3.05, 3.63) is 30.2 Å². The molecule has 2 aromatic heterocycles. The first-order valence-electron chi connectivity index (χ1n) is 6.19. The van der Waals surface area contributed by atoms with Gasteiger partial charge in [0.05, 0.1) is 11.7 Å². The van der Waals surface area contributed by atoms with Gasteiger partial charge in [0.1, 0.15) is 17.8 Å². The van der Waals surface area contributed by atoms with Gasteiger partial charge in [-0.2, -0.15) is 0 Å². The molecule has 5 nitrogen and oxygen atoms in total. The number of pyridine rings is 1. The van der Waals surface area contributed by atoms with Crippen LogP contribution in [0.2, 0.25) is 0 Å². The Morgan fingerprint density at radius 2 is 2.39 bits per heavy atom. The van der Waals surface area contributed by atoms with Crippen LogP contribution < -0.4 is 5.73 Å². The molecule has 1 aliphatic rings. The van der Waals surface area contributed by atoms with E-state index < -0.39 is 5.91 Å². The second-order valence-corrected chi connectivity index (χ2v) is 4.63. The highest BCUT2D eigenvalue weighted by Crippen LogP contribution is 2.39. The van der Waals surface area contributed by atoms with E-state index in [0.717, 1.165) is 23.3 Å². The molecule has 0 saturated heterocycles. The largest absolute Gasteiger partial charge is 0.369 e. The van der Waals surface area contributed by atoms with Crippen molar-refractivity contribution >= 4 is 16.9 Å². The van der Waals surface area contributed by atoms with E-state index in [-0.39, 0.29) is 0 Å². The van der Waals surface area contributed by atoms with Crippen LogP contribution in [0.25, 0.3) is 11.0 Å². The third-order valence-electron chi connectivity index (χ3n) is 3.27. The van der Waals surface area contributed by atoms with Crippen molar-refractivity contribution in [1.82, 2.24) is 14.5 Å². The number of hydrogen-bond donors (Lipinski definition) is 1. The molecule has 1 aliphatic carbocycles. The summed E-state index contributed by atoms with van der Waals surface area (Å²) in [7, 11) is 0. The summed E-state index contributed by atoms with van der Waals surface area (Å²) in [6.45, 7) is 2.78. The van der Waals surface area contributed by atoms with Gasteiger partial charge >= 0.3 is 0 Å². The normalized spacial score (nSPS) is 15.2. The minimum atomic E-state index is -0.476. The van der Waals surface area contributed by atoms with Crippen molar-refractivity contribution in [3.8, 4) is 0 Å². The molecule has 1 saturated carbocycles. The maximum atomic E-state index is 11.0. The number of rotatable bonds is 4. The minimum Gasteiger partial charge on any atom is -0.369 e. The second-order valence-electron chi connectivity index (χ2n) is 4.63. The number of carbonyl (C=O) groups excluding carboxylic acids is 1. The number of nitrogens with two attached hydrogens (primary N) is 1. The van der Waals surface area contributed by atoms with Gasteiger partial charge < -0.3 is 10.3 Å². The molecule has 93 valence electrons. The third kappa shape index (κ3) is 1.85. The first-order chi connectivity index (χ1) is 8.69. The number of carbonyl (C=O) groups is 1. The van der Waals surface area contributed by atoms with Crippen LogP contribution in [0.4, 0.5) is 0 Å². The van der Waals surface area contributed by atoms with Gasteiger partial charge in [-0.3, -0.25) is 9.78 Å². The van der Waals surface area contributed by atoms with Crippen molar-refractivity contribution in [1.29, 1.82) is 0 Å². The van der Waals surface area contributed by atoms with Crippen molar-refractivity contribution in [3.63, 3.8) is 0 Å². The summed E-state index contributed by atoms with van der Waals surface area (Å²) in [4.78, 5) is 19.8. The van der Waals surface area contributed by atoms with Crippen molar-refractivity contribution < 1.29 is 4.79 Å². The third-order valence-corrected chi connectivity index (χ3v) is 3.27. The van der Waals surface area contributed by atoms with Gasteiger partial charge in [0, 0.05) is 18.2 Å². The average Bonchev–Trinajstić information content (AvgIpc) is 3.10. The molecule has 0 aromatic carbocycles. The zero-order chi connectivity index (χ0) is 12.7. The molecule has 0 spiro atoms. The van der Waals surface area contributed by atoms with E-state index in [4.69, 9.17) is 5.73 Å². The number of primary amides is 1. The summed E-state index contributed by atoms with van der Waals surface area (Å²) in [6, 6.07) is 2.09. The Hall–Kier alpha value is -1.91. The molecule has 2 N–H and O–H groups in total. The number of nitrogens with zero attached hydrogens (tertiary/aromatic N) is 3. The highest BCUT2D eigenvalue weighted by atomic mass is 16.1. The Kier molecular flexibility index (Phi) is 2.54. The molecule has 1 radical (unpaired) electrons. The van der Waals surface area contributed by atoms with E-state index in [1.54, 1.807) is 6.20 Å². The second kappa shape index (κ2) is 4.08. The summed E-state index contributed by atoms with van der Waals surface area (Å²) >= 11 is 0. The Balaban J connectivity index is 2.11. The van der Waals surface area contributed by atoms with Gasteiger partial charge in [0.25, 0.3) is 0 Å². The number of imidazole rings is 1. The highest BCUT2D eigenvalue weighted by Gasteiger charge is 2.25. The molecule has 0 bridgehead atoms. The number of fused-ring (bicyclic) bond motifs is 1. The summed E-state index contributed by atoms with van der Waals surface area (Å²) in [6.07, 6.45) is 5.59. The molecule has 1 amide bonds. The van der Waals surface area contributed by atoms with Crippen LogP contribution in [0.15, 0.2) is 12.3 Å². The van der Waals surface area contributed by atoms with E-state index in [1.807, 2.05) is 11.5 Å². The van der Waals surface area contributed by atoms with Crippen LogP contribution in [0.1, 0.15) is 37.2 Å². The zero-order valence-electron chi connectivity index (χ0n) is 10.3. The number of aromatic nitrogens is 3. The summed E-state index contributed by atoms with van der Waals surface area (Å²) in [5.74, 6) is 0.739. The SMILES string of the molecule is CCn1c([CH]C(N)=O)nc2cnc(C3CC3)cc21. The van der Waals surface area contributed by atoms with Gasteiger partial charge in [-0.05, 0) is 25.8 Å². The van der Waals surface area contributed by atoms with Crippen molar-refractivity contribution in [2.24, 2.45) is 5.73 Å². The lowest BCUT2D eigenvalue weighted by Crippen LogP contribution is -2.14. The standard InChI is InChI=1S/C13H15N4O/c1-2-17-11-5-9(8-3-4-8)15-7-10(11)16-13(17)6-12(14)18/h5-8H,2-4H2,1H3,(H2,14,18). The van der Waals surface area contributed by atoms with Crippen LogP contribution in [-0.2, 0) is 11.3 Å². The average molecular weight is 243 g/mol. The van der Waals surface area contributed by atoms with E-state index in [9.17, 15) is 4.79 Å². The van der Waals surface area contributed by atoms with Crippen LogP contribution in [0.3, 0.4) is 0 Å².